The van der Waals surface area contributed by atoms with Gasteiger partial charge >= 0.3 is 0 Å². The Labute approximate surface area is 344 Å². The molecule has 0 fully saturated rings. The molecule has 7 rings (SSSR count). The van der Waals surface area contributed by atoms with E-state index in [9.17, 15) is 25.9 Å². The first-order valence-electron chi connectivity index (χ1n) is 15.4. The van der Waals surface area contributed by atoms with E-state index in [1.54, 1.807) is 0 Å². The van der Waals surface area contributed by atoms with Crippen LogP contribution in [0.5, 0.6) is 17.2 Å². The van der Waals surface area contributed by atoms with Gasteiger partial charge in [0.2, 0.25) is 33.0 Å². The number of allylic oxidation sites excluding steroid dienone is 1. The molecule has 0 saturated heterocycles. The topological polar surface area (TPSA) is 277 Å². The average Bonchev–Trinajstić information content (AvgIpc) is 3.10. The average molecular weight is 929 g/mol. The Morgan fingerprint density at radius 3 is 1.79 bits per heavy atom. The standard InChI is InChI=1S/C28H20Cl6N12O8S2/c29-13-15-19(53-17-9(39-15)1-3-11(21(17)55(47,48)49)35-5-7-37-27-43-23(31)41-24(32)44-27)14(30)16-20(13)54-18-10(40-16)2-4-12(22(18)56(50,51)52)36-6-8-38-28-45-25(33)42-26(34)46-28/h1-4,9,17,35-36H,5-8H2,(H,47,48,49)(H,50,51,52)(H,37,41,43,44)(H,38,42,45,46). The molecule has 2 aromatic carbocycles. The highest BCUT2D eigenvalue weighted by Gasteiger charge is 2.42. The van der Waals surface area contributed by atoms with Crippen molar-refractivity contribution in [3.05, 3.63) is 76.8 Å². The summed E-state index contributed by atoms with van der Waals surface area (Å²) in [5, 5.41) is 10.3. The molecular formula is C28H20Cl6N12O8S2. The summed E-state index contributed by atoms with van der Waals surface area (Å²) in [7, 11) is -9.89. The molecule has 56 heavy (non-hydrogen) atoms. The van der Waals surface area contributed by atoms with Crippen LogP contribution in [0.25, 0.3) is 0 Å². The number of ether oxygens (including phenoxy) is 2. The van der Waals surface area contributed by atoms with Crippen molar-refractivity contribution in [1.82, 2.24) is 35.2 Å². The van der Waals surface area contributed by atoms with Gasteiger partial charge in [0.25, 0.3) is 20.2 Å². The number of aromatic nitrogens is 6. The van der Waals surface area contributed by atoms with E-state index in [0.29, 0.717) is 0 Å². The number of hydrogen-bond acceptors (Lipinski definition) is 18. The van der Waals surface area contributed by atoms with Crippen LogP contribution in [0.4, 0.5) is 23.3 Å². The van der Waals surface area contributed by atoms with Crippen molar-refractivity contribution in [3.8, 4) is 17.2 Å². The molecular weight excluding hydrogens is 909 g/mol. The predicted octanol–water partition coefficient (Wildman–Crippen LogP) is 3.92. The second-order valence-corrected chi connectivity index (χ2v) is 16.2. The second kappa shape index (κ2) is 15.7. The van der Waals surface area contributed by atoms with Gasteiger partial charge in [0.15, 0.2) is 28.2 Å². The molecule has 2 aliphatic heterocycles. The lowest BCUT2D eigenvalue weighted by Crippen LogP contribution is -2.44. The van der Waals surface area contributed by atoms with Gasteiger partial charge in [-0.25, -0.2) is 4.99 Å². The fraction of sp³-hybridized carbons (Fsp3) is 0.214. The van der Waals surface area contributed by atoms with Crippen molar-refractivity contribution >= 4 is 113 Å². The third kappa shape index (κ3) is 8.30. The zero-order chi connectivity index (χ0) is 40.1. The van der Waals surface area contributed by atoms with Gasteiger partial charge in [0, 0.05) is 26.2 Å². The molecule has 28 heteroatoms. The maximum Gasteiger partial charge on any atom is 0.300 e. The van der Waals surface area contributed by atoms with Gasteiger partial charge in [-0.3, -0.25) is 14.1 Å². The van der Waals surface area contributed by atoms with E-state index in [1.807, 2.05) is 0 Å². The van der Waals surface area contributed by atoms with Crippen LogP contribution in [0.3, 0.4) is 0 Å². The van der Waals surface area contributed by atoms with Crippen molar-refractivity contribution in [2.75, 3.05) is 42.1 Å². The minimum absolute atomic E-state index is 0.0135. The number of fused-ring (bicyclic) bond motifs is 4. The van der Waals surface area contributed by atoms with Gasteiger partial charge in [-0.05, 0) is 64.6 Å². The molecule has 6 N–H and O–H groups in total. The monoisotopic (exact) mass is 926 g/mol. The number of anilines is 3. The fourth-order valence-corrected chi connectivity index (χ4v) is 8.53. The zero-order valence-corrected chi connectivity index (χ0v) is 33.5. The normalized spacial score (nSPS) is 16.9. The van der Waals surface area contributed by atoms with E-state index >= 15 is 0 Å². The summed E-state index contributed by atoms with van der Waals surface area (Å²) in [5.74, 6) is -0.681. The van der Waals surface area contributed by atoms with Crippen LogP contribution in [0.2, 0.25) is 31.2 Å². The zero-order valence-electron chi connectivity index (χ0n) is 27.3. The van der Waals surface area contributed by atoms with Gasteiger partial charge in [0.1, 0.15) is 37.4 Å². The molecule has 20 nitrogen and oxygen atoms in total. The third-order valence-corrected chi connectivity index (χ3v) is 11.0. The molecule has 0 spiro atoms. The van der Waals surface area contributed by atoms with E-state index in [2.05, 4.69) is 61.2 Å². The fourth-order valence-electron chi connectivity index (χ4n) is 5.58. The minimum Gasteiger partial charge on any atom is -0.478 e. The molecule has 1 aliphatic carbocycles. The summed E-state index contributed by atoms with van der Waals surface area (Å²) < 4.78 is 83.7. The van der Waals surface area contributed by atoms with E-state index < -0.39 is 42.2 Å². The van der Waals surface area contributed by atoms with Gasteiger partial charge < -0.3 is 30.7 Å². The first kappa shape index (κ1) is 40.1. The Bertz CT molecular complexity index is 2690. The molecule has 4 heterocycles. The smallest absolute Gasteiger partial charge is 0.300 e. The van der Waals surface area contributed by atoms with Gasteiger partial charge in [-0.2, -0.15) is 46.7 Å². The summed E-state index contributed by atoms with van der Waals surface area (Å²) in [6, 6.07) is 1.66. The first-order valence-corrected chi connectivity index (χ1v) is 20.6. The SMILES string of the molecule is O=S(=O)(O)C1=C(NCCNc2nc(Cl)nc(Cl)n2)C=CC2N=c3c(Cl)c4c(c(Cl)c3OC12)=Nc1ccc(NCCNc2nc(Cl)nc(Cl)n2)c(S(=O)(=O)O)c1O4. The summed E-state index contributed by atoms with van der Waals surface area (Å²) in [5.41, 5.74) is -0.154. The molecule has 0 amide bonds. The highest BCUT2D eigenvalue weighted by Crippen LogP contribution is 2.46. The highest BCUT2D eigenvalue weighted by atomic mass is 35.5. The molecule has 294 valence electrons. The first-order chi connectivity index (χ1) is 26.5. The molecule has 2 unspecified atom stereocenters. The van der Waals surface area contributed by atoms with Crippen LogP contribution in [0.1, 0.15) is 0 Å². The predicted molar refractivity (Wildman–Crippen MR) is 204 cm³/mol. The lowest BCUT2D eigenvalue weighted by Gasteiger charge is -2.33. The van der Waals surface area contributed by atoms with Crippen LogP contribution in [0, 0.1) is 0 Å². The molecule has 4 aromatic rings. The largest absolute Gasteiger partial charge is 0.478 e. The van der Waals surface area contributed by atoms with Gasteiger partial charge in [-0.15, -0.1) is 0 Å². The number of rotatable bonds is 12. The highest BCUT2D eigenvalue weighted by molar-refractivity contribution is 7.89. The molecule has 0 radical (unpaired) electrons. The van der Waals surface area contributed by atoms with Gasteiger partial charge in [-0.1, -0.05) is 29.3 Å². The Balaban J connectivity index is 1.17. The summed E-state index contributed by atoms with van der Waals surface area (Å²) in [6.07, 6.45) is 1.46. The number of benzene rings is 2. The van der Waals surface area contributed by atoms with Crippen LogP contribution >= 0.6 is 69.6 Å². The Morgan fingerprint density at radius 2 is 1.21 bits per heavy atom. The van der Waals surface area contributed by atoms with Crippen LogP contribution in [-0.2, 0) is 20.2 Å². The maximum absolute atomic E-state index is 12.8. The summed E-state index contributed by atoms with van der Waals surface area (Å²) in [6.45, 7) is 0.439. The Kier molecular flexibility index (Phi) is 11.2. The van der Waals surface area contributed by atoms with Crippen molar-refractivity contribution in [1.29, 1.82) is 0 Å². The number of nitrogens with one attached hydrogen (secondary N) is 4. The molecule has 2 aromatic heterocycles. The third-order valence-electron chi connectivity index (χ3n) is 7.73. The summed E-state index contributed by atoms with van der Waals surface area (Å²) >= 11 is 36.7. The number of hydrogen-bond donors (Lipinski definition) is 6. The van der Waals surface area contributed by atoms with Crippen molar-refractivity contribution in [2.24, 2.45) is 9.98 Å². The Hall–Kier alpha value is -4.10. The van der Waals surface area contributed by atoms with Crippen molar-refractivity contribution in [2.45, 2.75) is 17.0 Å². The van der Waals surface area contributed by atoms with Gasteiger partial charge in [0.05, 0.1) is 11.4 Å². The van der Waals surface area contributed by atoms with Crippen molar-refractivity contribution in [3.63, 3.8) is 0 Å². The molecule has 0 bridgehead atoms. The lowest BCUT2D eigenvalue weighted by molar-refractivity contribution is 0.206. The molecule has 0 saturated carbocycles. The molecule has 3 aliphatic rings. The minimum atomic E-state index is -4.97. The van der Waals surface area contributed by atoms with Crippen LogP contribution in [0.15, 0.2) is 49.8 Å². The Morgan fingerprint density at radius 1 is 0.661 bits per heavy atom. The second-order valence-electron chi connectivity index (χ2n) is 11.3. The van der Waals surface area contributed by atoms with E-state index in [4.69, 9.17) is 79.1 Å². The van der Waals surface area contributed by atoms with E-state index in [1.165, 1.54) is 24.3 Å². The summed E-state index contributed by atoms with van der Waals surface area (Å²) in [4.78, 5) is 30.6. The van der Waals surface area contributed by atoms with E-state index in [0.717, 1.165) is 0 Å². The molecule has 2 atom stereocenters. The van der Waals surface area contributed by atoms with E-state index in [-0.39, 0.29) is 114 Å². The number of halogens is 6. The maximum atomic E-state index is 12.8. The van der Waals surface area contributed by atoms with Crippen molar-refractivity contribution < 1.29 is 35.4 Å². The van der Waals surface area contributed by atoms with Crippen LogP contribution in [-0.4, -0.2) is 94.2 Å². The quantitative estimate of drug-likeness (QED) is 0.0764. The lowest BCUT2D eigenvalue weighted by atomic mass is 10.0. The van der Waals surface area contributed by atoms with Crippen LogP contribution < -0.4 is 41.5 Å². The number of nitrogens with zero attached hydrogens (tertiary/aromatic N) is 8.